The molecular formula is C17H27FN2. The van der Waals surface area contributed by atoms with Crippen LogP contribution >= 0.6 is 0 Å². The van der Waals surface area contributed by atoms with Gasteiger partial charge >= 0.3 is 0 Å². The molecule has 20 heavy (non-hydrogen) atoms. The molecule has 0 spiro atoms. The first kappa shape index (κ1) is 15.5. The van der Waals surface area contributed by atoms with Gasteiger partial charge in [-0.2, -0.15) is 0 Å². The predicted molar refractivity (Wildman–Crippen MR) is 82.3 cm³/mol. The molecule has 112 valence electrons. The van der Waals surface area contributed by atoms with Gasteiger partial charge in [0.05, 0.1) is 0 Å². The smallest absolute Gasteiger partial charge is 0.123 e. The van der Waals surface area contributed by atoms with E-state index in [1.807, 2.05) is 13.1 Å². The van der Waals surface area contributed by atoms with E-state index in [4.69, 9.17) is 0 Å². The highest BCUT2D eigenvalue weighted by molar-refractivity contribution is 5.20. The van der Waals surface area contributed by atoms with Crippen LogP contribution in [0.1, 0.15) is 44.2 Å². The van der Waals surface area contributed by atoms with Crippen molar-refractivity contribution < 1.29 is 4.39 Å². The number of hydrogen-bond donors (Lipinski definition) is 1. The maximum Gasteiger partial charge on any atom is 0.123 e. The summed E-state index contributed by atoms with van der Waals surface area (Å²) in [7, 11) is 1.96. The average Bonchev–Trinajstić information content (AvgIpc) is 2.88. The zero-order valence-corrected chi connectivity index (χ0v) is 12.7. The maximum atomic E-state index is 13.3. The number of rotatable bonds is 7. The molecule has 1 aromatic carbocycles. The molecule has 3 heteroatoms. The van der Waals surface area contributed by atoms with Crippen LogP contribution in [0.5, 0.6) is 0 Å². The molecule has 1 heterocycles. The maximum absolute atomic E-state index is 13.3. The first-order valence-electron chi connectivity index (χ1n) is 7.88. The van der Waals surface area contributed by atoms with E-state index in [1.54, 1.807) is 12.1 Å². The highest BCUT2D eigenvalue weighted by Crippen LogP contribution is 2.23. The summed E-state index contributed by atoms with van der Waals surface area (Å²) in [6.07, 6.45) is 5.04. The van der Waals surface area contributed by atoms with Gasteiger partial charge in [-0.3, -0.25) is 0 Å². The van der Waals surface area contributed by atoms with Gasteiger partial charge in [0.1, 0.15) is 5.82 Å². The number of halogens is 1. The Labute approximate surface area is 122 Å². The molecular weight excluding hydrogens is 251 g/mol. The minimum atomic E-state index is -0.146. The van der Waals surface area contributed by atoms with Crippen molar-refractivity contribution in [1.82, 2.24) is 10.2 Å². The fourth-order valence-corrected chi connectivity index (χ4v) is 3.27. The van der Waals surface area contributed by atoms with E-state index in [2.05, 4.69) is 17.1 Å². The molecule has 1 fully saturated rings. The Morgan fingerprint density at radius 1 is 1.45 bits per heavy atom. The van der Waals surface area contributed by atoms with Gasteiger partial charge in [0.2, 0.25) is 0 Å². The molecule has 1 aliphatic heterocycles. The van der Waals surface area contributed by atoms with Gasteiger partial charge in [-0.05, 0) is 63.0 Å². The zero-order valence-electron chi connectivity index (χ0n) is 12.7. The van der Waals surface area contributed by atoms with Crippen molar-refractivity contribution >= 4 is 0 Å². The van der Waals surface area contributed by atoms with Crippen LogP contribution in [-0.2, 0) is 0 Å². The quantitative estimate of drug-likeness (QED) is 0.820. The third-order valence-electron chi connectivity index (χ3n) is 4.40. The van der Waals surface area contributed by atoms with Gasteiger partial charge in [0, 0.05) is 12.6 Å². The Bertz CT molecular complexity index is 408. The largest absolute Gasteiger partial charge is 0.313 e. The van der Waals surface area contributed by atoms with Gasteiger partial charge in [-0.1, -0.05) is 25.5 Å². The molecule has 0 bridgehead atoms. The van der Waals surface area contributed by atoms with Crippen LogP contribution in [0, 0.1) is 11.7 Å². The fourth-order valence-electron chi connectivity index (χ4n) is 3.27. The van der Waals surface area contributed by atoms with Crippen molar-refractivity contribution in [2.24, 2.45) is 5.92 Å². The molecule has 1 N–H and O–H groups in total. The summed E-state index contributed by atoms with van der Waals surface area (Å²) in [4.78, 5) is 2.56. The summed E-state index contributed by atoms with van der Waals surface area (Å²) in [6, 6.07) is 7.20. The van der Waals surface area contributed by atoms with Gasteiger partial charge < -0.3 is 10.2 Å². The molecule has 0 amide bonds. The van der Waals surface area contributed by atoms with Crippen molar-refractivity contribution in [3.8, 4) is 0 Å². The molecule has 2 unspecified atom stereocenters. The standard InChI is InChI=1S/C17H27FN2/c1-3-5-14-8-10-20(13-14)11-9-17(19-2)15-6-4-7-16(18)12-15/h4,6-7,12,14,17,19H,3,5,8-11,13H2,1-2H3. The number of nitrogens with one attached hydrogen (secondary N) is 1. The van der Waals surface area contributed by atoms with Gasteiger partial charge in [0.15, 0.2) is 0 Å². The average molecular weight is 278 g/mol. The van der Waals surface area contributed by atoms with Crippen LogP contribution in [0.15, 0.2) is 24.3 Å². The van der Waals surface area contributed by atoms with Crippen LogP contribution in [0.3, 0.4) is 0 Å². The highest BCUT2D eigenvalue weighted by atomic mass is 19.1. The summed E-state index contributed by atoms with van der Waals surface area (Å²) in [6.45, 7) is 5.84. The number of likely N-dealkylation sites (tertiary alicyclic amines) is 1. The van der Waals surface area contributed by atoms with Crippen LogP contribution in [0.4, 0.5) is 4.39 Å². The van der Waals surface area contributed by atoms with E-state index in [1.165, 1.54) is 38.4 Å². The van der Waals surface area contributed by atoms with Gasteiger partial charge in [-0.25, -0.2) is 4.39 Å². The lowest BCUT2D eigenvalue weighted by Crippen LogP contribution is -2.27. The van der Waals surface area contributed by atoms with E-state index in [9.17, 15) is 4.39 Å². The second kappa shape index (κ2) is 7.75. The van der Waals surface area contributed by atoms with E-state index in [0.29, 0.717) is 0 Å². The van der Waals surface area contributed by atoms with Gasteiger partial charge in [-0.15, -0.1) is 0 Å². The number of hydrogen-bond acceptors (Lipinski definition) is 2. The third-order valence-corrected chi connectivity index (χ3v) is 4.40. The Kier molecular flexibility index (Phi) is 5.99. The molecule has 0 aliphatic carbocycles. The molecule has 2 nitrogen and oxygen atoms in total. The van der Waals surface area contributed by atoms with Crippen molar-refractivity contribution in [3.05, 3.63) is 35.6 Å². The lowest BCUT2D eigenvalue weighted by Gasteiger charge is -2.21. The highest BCUT2D eigenvalue weighted by Gasteiger charge is 2.22. The molecule has 0 saturated carbocycles. The van der Waals surface area contributed by atoms with E-state index in [0.717, 1.165) is 24.4 Å². The normalized spacial score (nSPS) is 21.2. The monoisotopic (exact) mass is 278 g/mol. The van der Waals surface area contributed by atoms with Crippen molar-refractivity contribution in [3.63, 3.8) is 0 Å². The van der Waals surface area contributed by atoms with Gasteiger partial charge in [0.25, 0.3) is 0 Å². The summed E-state index contributed by atoms with van der Waals surface area (Å²) in [5.74, 6) is 0.745. The molecule has 0 aromatic heterocycles. The Morgan fingerprint density at radius 2 is 2.30 bits per heavy atom. The van der Waals surface area contributed by atoms with Crippen LogP contribution < -0.4 is 5.32 Å². The molecule has 2 rings (SSSR count). The van der Waals surface area contributed by atoms with E-state index >= 15 is 0 Å². The summed E-state index contributed by atoms with van der Waals surface area (Å²) >= 11 is 0. The topological polar surface area (TPSA) is 15.3 Å². The van der Waals surface area contributed by atoms with Crippen LogP contribution in [0.25, 0.3) is 0 Å². The minimum absolute atomic E-state index is 0.146. The minimum Gasteiger partial charge on any atom is -0.313 e. The third kappa shape index (κ3) is 4.29. The molecule has 1 saturated heterocycles. The first-order chi connectivity index (χ1) is 9.72. The summed E-state index contributed by atoms with van der Waals surface area (Å²) in [5, 5.41) is 3.31. The SMILES string of the molecule is CCCC1CCN(CCC(NC)c2cccc(F)c2)C1. The van der Waals surface area contributed by atoms with E-state index in [-0.39, 0.29) is 11.9 Å². The van der Waals surface area contributed by atoms with Crippen molar-refractivity contribution in [2.75, 3.05) is 26.7 Å². The summed E-state index contributed by atoms with van der Waals surface area (Å²) < 4.78 is 13.3. The van der Waals surface area contributed by atoms with Crippen LogP contribution in [0.2, 0.25) is 0 Å². The second-order valence-corrected chi connectivity index (χ2v) is 5.93. The molecule has 1 aliphatic rings. The summed E-state index contributed by atoms with van der Waals surface area (Å²) in [5.41, 5.74) is 1.05. The Hall–Kier alpha value is -0.930. The molecule has 0 radical (unpaired) electrons. The molecule has 1 aromatic rings. The second-order valence-electron chi connectivity index (χ2n) is 5.93. The lowest BCUT2D eigenvalue weighted by atomic mass is 10.0. The van der Waals surface area contributed by atoms with E-state index < -0.39 is 0 Å². The lowest BCUT2D eigenvalue weighted by molar-refractivity contribution is 0.299. The Morgan fingerprint density at radius 3 is 3.00 bits per heavy atom. The van der Waals surface area contributed by atoms with Crippen molar-refractivity contribution in [1.29, 1.82) is 0 Å². The zero-order chi connectivity index (χ0) is 14.4. The number of benzene rings is 1. The number of nitrogens with zero attached hydrogens (tertiary/aromatic N) is 1. The van der Waals surface area contributed by atoms with Crippen molar-refractivity contribution in [2.45, 2.75) is 38.6 Å². The Balaban J connectivity index is 1.83. The van der Waals surface area contributed by atoms with Crippen LogP contribution in [-0.4, -0.2) is 31.6 Å². The first-order valence-corrected chi connectivity index (χ1v) is 7.88. The fraction of sp³-hybridized carbons (Fsp3) is 0.647. The molecule has 2 atom stereocenters. The predicted octanol–water partition coefficient (Wildman–Crippen LogP) is 3.60.